The molecular formula is C10H19NOS. The lowest BCUT2D eigenvalue weighted by atomic mass is 10.1. The molecule has 0 radical (unpaired) electrons. The van der Waals surface area contributed by atoms with Gasteiger partial charge in [-0.25, -0.2) is 0 Å². The molecule has 0 spiro atoms. The number of morpholine rings is 1. The Morgan fingerprint density at radius 2 is 2.46 bits per heavy atom. The zero-order valence-corrected chi connectivity index (χ0v) is 9.22. The van der Waals surface area contributed by atoms with Gasteiger partial charge in [-0.3, -0.25) is 4.90 Å². The maximum absolute atomic E-state index is 5.43. The summed E-state index contributed by atoms with van der Waals surface area (Å²) in [6.45, 7) is 9.92. The quantitative estimate of drug-likeness (QED) is 0.548. The molecule has 1 unspecified atom stereocenters. The lowest BCUT2D eigenvalue weighted by Crippen LogP contribution is -2.45. The maximum atomic E-state index is 5.43. The maximum Gasteiger partial charge on any atom is 0.0622 e. The molecule has 0 aromatic heterocycles. The Bertz CT molecular complexity index is 172. The van der Waals surface area contributed by atoms with Gasteiger partial charge in [0.25, 0.3) is 0 Å². The van der Waals surface area contributed by atoms with Gasteiger partial charge in [-0.05, 0) is 6.42 Å². The topological polar surface area (TPSA) is 12.5 Å². The van der Waals surface area contributed by atoms with Crippen molar-refractivity contribution in [2.24, 2.45) is 0 Å². The van der Waals surface area contributed by atoms with E-state index in [2.05, 4.69) is 31.0 Å². The van der Waals surface area contributed by atoms with E-state index in [-0.39, 0.29) is 0 Å². The van der Waals surface area contributed by atoms with Crippen LogP contribution in [0.25, 0.3) is 0 Å². The Balaban J connectivity index is 2.40. The third-order valence-electron chi connectivity index (χ3n) is 2.47. The first-order valence-corrected chi connectivity index (χ1v) is 5.50. The monoisotopic (exact) mass is 201 g/mol. The minimum absolute atomic E-state index is 0.574. The number of thiol groups is 1. The fourth-order valence-electron chi connectivity index (χ4n) is 1.61. The van der Waals surface area contributed by atoms with Gasteiger partial charge in [-0.15, -0.1) is 0 Å². The van der Waals surface area contributed by atoms with Crippen molar-refractivity contribution in [2.45, 2.75) is 19.4 Å². The van der Waals surface area contributed by atoms with Crippen molar-refractivity contribution in [3.05, 3.63) is 12.2 Å². The van der Waals surface area contributed by atoms with E-state index in [0.29, 0.717) is 6.04 Å². The van der Waals surface area contributed by atoms with Crippen LogP contribution in [0.4, 0.5) is 0 Å². The second-order valence-corrected chi connectivity index (χ2v) is 3.83. The van der Waals surface area contributed by atoms with Crippen LogP contribution in [-0.4, -0.2) is 43.0 Å². The van der Waals surface area contributed by atoms with Gasteiger partial charge in [0.15, 0.2) is 0 Å². The largest absolute Gasteiger partial charge is 0.378 e. The van der Waals surface area contributed by atoms with Crippen LogP contribution in [0.5, 0.6) is 0 Å². The van der Waals surface area contributed by atoms with Crippen molar-refractivity contribution in [3.63, 3.8) is 0 Å². The van der Waals surface area contributed by atoms with Crippen LogP contribution in [0.2, 0.25) is 0 Å². The molecule has 13 heavy (non-hydrogen) atoms. The summed E-state index contributed by atoms with van der Waals surface area (Å²) in [5, 5.41) is 0. The average molecular weight is 201 g/mol. The summed E-state index contributed by atoms with van der Waals surface area (Å²) < 4.78 is 5.43. The highest BCUT2D eigenvalue weighted by molar-refractivity contribution is 7.80. The van der Waals surface area contributed by atoms with Crippen molar-refractivity contribution in [2.75, 3.05) is 32.1 Å². The van der Waals surface area contributed by atoms with Crippen LogP contribution in [0.1, 0.15) is 13.3 Å². The molecule has 0 bridgehead atoms. The lowest BCUT2D eigenvalue weighted by Gasteiger charge is -2.35. The molecule has 0 N–H and O–H groups in total. The van der Waals surface area contributed by atoms with Gasteiger partial charge >= 0.3 is 0 Å². The standard InChI is InChI=1S/C10H19NOS/c1-3-10-7-12-5-4-11(10)6-9(2)8-13/h10,13H,2-8H2,1H3. The fourth-order valence-corrected chi connectivity index (χ4v) is 1.71. The van der Waals surface area contributed by atoms with Crippen molar-refractivity contribution < 1.29 is 4.74 Å². The van der Waals surface area contributed by atoms with E-state index in [1.54, 1.807) is 0 Å². The van der Waals surface area contributed by atoms with Gasteiger partial charge in [0.05, 0.1) is 13.2 Å². The molecule has 1 fully saturated rings. The van der Waals surface area contributed by atoms with Gasteiger partial charge in [0.2, 0.25) is 0 Å². The van der Waals surface area contributed by atoms with E-state index in [4.69, 9.17) is 4.74 Å². The summed E-state index contributed by atoms with van der Waals surface area (Å²) in [7, 11) is 0. The zero-order chi connectivity index (χ0) is 9.68. The summed E-state index contributed by atoms with van der Waals surface area (Å²) >= 11 is 4.22. The number of rotatable bonds is 4. The van der Waals surface area contributed by atoms with E-state index >= 15 is 0 Å². The molecule has 1 heterocycles. The molecule has 1 aliphatic heterocycles. The Hall–Kier alpha value is 0.01000. The number of ether oxygens (including phenoxy) is 1. The number of nitrogens with zero attached hydrogens (tertiary/aromatic N) is 1. The normalized spacial score (nSPS) is 24.6. The van der Waals surface area contributed by atoms with E-state index in [9.17, 15) is 0 Å². The predicted molar refractivity (Wildman–Crippen MR) is 59.5 cm³/mol. The van der Waals surface area contributed by atoms with Gasteiger partial charge in [0, 0.05) is 24.9 Å². The first kappa shape index (κ1) is 11.1. The molecular weight excluding hydrogens is 182 g/mol. The van der Waals surface area contributed by atoms with Crippen molar-refractivity contribution in [1.82, 2.24) is 4.90 Å². The summed E-state index contributed by atoms with van der Waals surface area (Å²) in [6.07, 6.45) is 1.15. The molecule has 3 heteroatoms. The Morgan fingerprint density at radius 3 is 3.08 bits per heavy atom. The second-order valence-electron chi connectivity index (χ2n) is 3.52. The first-order valence-electron chi connectivity index (χ1n) is 4.87. The predicted octanol–water partition coefficient (Wildman–Crippen LogP) is 1.58. The van der Waals surface area contributed by atoms with Crippen molar-refractivity contribution in [1.29, 1.82) is 0 Å². The first-order chi connectivity index (χ1) is 6.27. The van der Waals surface area contributed by atoms with E-state index in [0.717, 1.165) is 38.5 Å². The average Bonchev–Trinajstić information content (AvgIpc) is 2.18. The third-order valence-corrected chi connectivity index (χ3v) is 2.92. The minimum atomic E-state index is 0.574. The molecule has 0 aliphatic carbocycles. The molecule has 0 aromatic carbocycles. The molecule has 1 rings (SSSR count). The molecule has 0 saturated carbocycles. The fraction of sp³-hybridized carbons (Fsp3) is 0.800. The van der Waals surface area contributed by atoms with Gasteiger partial charge < -0.3 is 4.74 Å². The molecule has 76 valence electrons. The Labute approximate surface area is 86.4 Å². The number of hydrogen-bond acceptors (Lipinski definition) is 3. The van der Waals surface area contributed by atoms with Gasteiger partial charge in [-0.2, -0.15) is 12.6 Å². The summed E-state index contributed by atoms with van der Waals surface area (Å²) in [5.74, 6) is 0.786. The Kier molecular flexibility index (Phi) is 4.84. The SMILES string of the molecule is C=C(CS)CN1CCOCC1CC. The van der Waals surface area contributed by atoms with Crippen LogP contribution in [0, 0.1) is 0 Å². The van der Waals surface area contributed by atoms with Crippen LogP contribution in [-0.2, 0) is 4.74 Å². The summed E-state index contributed by atoms with van der Waals surface area (Å²) in [4.78, 5) is 2.45. The zero-order valence-electron chi connectivity index (χ0n) is 8.33. The molecule has 1 saturated heterocycles. The molecule has 2 nitrogen and oxygen atoms in total. The van der Waals surface area contributed by atoms with Gasteiger partial charge in [-0.1, -0.05) is 19.1 Å². The van der Waals surface area contributed by atoms with Crippen molar-refractivity contribution in [3.8, 4) is 0 Å². The highest BCUT2D eigenvalue weighted by Gasteiger charge is 2.20. The van der Waals surface area contributed by atoms with Gasteiger partial charge in [0.1, 0.15) is 0 Å². The van der Waals surface area contributed by atoms with Crippen LogP contribution in [0.15, 0.2) is 12.2 Å². The molecule has 0 aromatic rings. The van der Waals surface area contributed by atoms with Crippen molar-refractivity contribution >= 4 is 12.6 Å². The van der Waals surface area contributed by atoms with E-state index in [1.165, 1.54) is 5.57 Å². The molecule has 0 amide bonds. The molecule has 1 aliphatic rings. The molecule has 1 atom stereocenters. The lowest BCUT2D eigenvalue weighted by molar-refractivity contribution is -0.00382. The smallest absolute Gasteiger partial charge is 0.0622 e. The van der Waals surface area contributed by atoms with Crippen LogP contribution < -0.4 is 0 Å². The number of hydrogen-bond donors (Lipinski definition) is 1. The van der Waals surface area contributed by atoms with Crippen LogP contribution in [0.3, 0.4) is 0 Å². The van der Waals surface area contributed by atoms with Crippen LogP contribution >= 0.6 is 12.6 Å². The summed E-state index contributed by atoms with van der Waals surface area (Å²) in [5.41, 5.74) is 1.20. The second kappa shape index (κ2) is 5.68. The highest BCUT2D eigenvalue weighted by atomic mass is 32.1. The third kappa shape index (κ3) is 3.33. The van der Waals surface area contributed by atoms with E-state index < -0.39 is 0 Å². The van der Waals surface area contributed by atoms with E-state index in [1.807, 2.05) is 0 Å². The minimum Gasteiger partial charge on any atom is -0.378 e. The summed E-state index contributed by atoms with van der Waals surface area (Å²) in [6, 6.07) is 0.574. The Morgan fingerprint density at radius 1 is 1.69 bits per heavy atom. The highest BCUT2D eigenvalue weighted by Crippen LogP contribution is 2.12.